The summed E-state index contributed by atoms with van der Waals surface area (Å²) in [4.78, 5) is 10.8. The molecule has 148 valence electrons. The molecule has 0 aliphatic heterocycles. The number of para-hydroxylation sites is 1. The van der Waals surface area contributed by atoms with Gasteiger partial charge in [0, 0.05) is 24.0 Å². The molecule has 0 unspecified atom stereocenters. The molecule has 0 saturated heterocycles. The zero-order valence-corrected chi connectivity index (χ0v) is 17.3. The Morgan fingerprint density at radius 2 is 1.76 bits per heavy atom. The Morgan fingerprint density at radius 1 is 1.00 bits per heavy atom. The number of halogens is 1. The average Bonchev–Trinajstić information content (AvgIpc) is 3.13. The van der Waals surface area contributed by atoms with E-state index in [0.717, 1.165) is 46.6 Å². The molecule has 0 aliphatic carbocycles. The Labute approximate surface area is 175 Å². The fraction of sp³-hybridized carbons (Fsp3) is 0.217. The summed E-state index contributed by atoms with van der Waals surface area (Å²) in [6, 6.07) is 18.2. The Kier molecular flexibility index (Phi) is 5.79. The lowest BCUT2D eigenvalue weighted by Gasteiger charge is -2.10. The molecule has 29 heavy (non-hydrogen) atoms. The number of nitrogens with zero attached hydrogens (tertiary/aromatic N) is 4. The van der Waals surface area contributed by atoms with Gasteiger partial charge in [-0.1, -0.05) is 41.9 Å². The van der Waals surface area contributed by atoms with Gasteiger partial charge in [-0.05, 0) is 50.3 Å². The molecule has 2 aromatic heterocycles. The highest BCUT2D eigenvalue weighted by Crippen LogP contribution is 2.35. The highest BCUT2D eigenvalue weighted by atomic mass is 35.5. The van der Waals surface area contributed by atoms with Crippen LogP contribution in [-0.4, -0.2) is 46.7 Å². The van der Waals surface area contributed by atoms with Gasteiger partial charge in [-0.25, -0.2) is 9.97 Å². The molecule has 0 saturated carbocycles. The van der Waals surface area contributed by atoms with Crippen LogP contribution >= 0.6 is 11.6 Å². The molecule has 0 spiro atoms. The van der Waals surface area contributed by atoms with Crippen molar-refractivity contribution in [2.75, 3.05) is 27.2 Å². The second-order valence-corrected chi connectivity index (χ2v) is 7.50. The number of hydrogen-bond acceptors (Lipinski definition) is 4. The van der Waals surface area contributed by atoms with Crippen LogP contribution in [0.25, 0.3) is 27.8 Å². The minimum atomic E-state index is 0.448. The third-order valence-corrected chi connectivity index (χ3v) is 5.04. The lowest BCUT2D eigenvalue weighted by molar-refractivity contribution is 0.281. The van der Waals surface area contributed by atoms with E-state index in [1.165, 1.54) is 6.33 Å². The maximum atomic E-state index is 6.46. The van der Waals surface area contributed by atoms with Crippen LogP contribution in [0.15, 0.2) is 67.1 Å². The Hall–Kier alpha value is -2.89. The molecule has 2 heterocycles. The second kappa shape index (κ2) is 8.64. The highest BCUT2D eigenvalue weighted by molar-refractivity contribution is 6.35. The first-order chi connectivity index (χ1) is 14.1. The van der Waals surface area contributed by atoms with Crippen molar-refractivity contribution in [3.05, 3.63) is 72.3 Å². The quantitative estimate of drug-likeness (QED) is 0.317. The summed E-state index contributed by atoms with van der Waals surface area (Å²) in [5.41, 5.74) is 3.85. The Morgan fingerprint density at radius 3 is 2.48 bits per heavy atom. The first-order valence-corrected chi connectivity index (χ1v) is 9.96. The van der Waals surface area contributed by atoms with Crippen LogP contribution in [-0.2, 0) is 0 Å². The molecular weight excluding hydrogens is 384 g/mol. The van der Waals surface area contributed by atoms with Crippen LogP contribution in [0.3, 0.4) is 0 Å². The van der Waals surface area contributed by atoms with Crippen molar-refractivity contribution in [3.63, 3.8) is 0 Å². The summed E-state index contributed by atoms with van der Waals surface area (Å²) in [5, 5.41) is 1.29. The first-order valence-electron chi connectivity index (χ1n) is 9.58. The molecule has 5 nitrogen and oxygen atoms in total. The summed E-state index contributed by atoms with van der Waals surface area (Å²) in [7, 11) is 4.13. The number of rotatable bonds is 7. The largest absolute Gasteiger partial charge is 0.494 e. The van der Waals surface area contributed by atoms with Crippen molar-refractivity contribution in [1.82, 2.24) is 19.4 Å². The molecule has 0 N–H and O–H groups in total. The smallest absolute Gasteiger partial charge is 0.150 e. The van der Waals surface area contributed by atoms with E-state index in [0.29, 0.717) is 11.8 Å². The molecule has 0 atom stereocenters. The van der Waals surface area contributed by atoms with Gasteiger partial charge < -0.3 is 14.2 Å². The Balaban J connectivity index is 1.66. The molecule has 0 bridgehead atoms. The van der Waals surface area contributed by atoms with Gasteiger partial charge in [0.2, 0.25) is 0 Å². The van der Waals surface area contributed by atoms with Gasteiger partial charge in [0.05, 0.1) is 12.0 Å². The molecule has 0 aliphatic rings. The fourth-order valence-corrected chi connectivity index (χ4v) is 3.56. The summed E-state index contributed by atoms with van der Waals surface area (Å²) in [6.45, 7) is 1.71. The average molecular weight is 407 g/mol. The van der Waals surface area contributed by atoms with Gasteiger partial charge in [0.25, 0.3) is 0 Å². The van der Waals surface area contributed by atoms with Gasteiger partial charge in [0.15, 0.2) is 0 Å². The van der Waals surface area contributed by atoms with Crippen molar-refractivity contribution in [2.24, 2.45) is 0 Å². The van der Waals surface area contributed by atoms with Crippen LogP contribution in [0.2, 0.25) is 5.15 Å². The van der Waals surface area contributed by atoms with Gasteiger partial charge in [-0.2, -0.15) is 0 Å². The van der Waals surface area contributed by atoms with Crippen molar-refractivity contribution in [1.29, 1.82) is 0 Å². The molecule has 0 amide bonds. The number of ether oxygens (including phenoxy) is 1. The van der Waals surface area contributed by atoms with Crippen molar-refractivity contribution < 1.29 is 4.74 Å². The first kappa shape index (κ1) is 19.4. The molecule has 4 aromatic rings. The van der Waals surface area contributed by atoms with E-state index in [-0.39, 0.29) is 0 Å². The SMILES string of the molecule is CN(C)CCCOc1ccc(-c2cn(-c3ccccc3)c3ncnc(Cl)c23)cc1. The summed E-state index contributed by atoms with van der Waals surface area (Å²) < 4.78 is 7.90. The van der Waals surface area contributed by atoms with Gasteiger partial charge in [0.1, 0.15) is 22.9 Å². The van der Waals surface area contributed by atoms with Crippen LogP contribution in [0.4, 0.5) is 0 Å². The number of aromatic nitrogens is 3. The van der Waals surface area contributed by atoms with Gasteiger partial charge in [-0.3, -0.25) is 0 Å². The standard InChI is InChI=1S/C23H23ClN4O/c1-27(2)13-6-14-29-19-11-9-17(10-12-19)20-15-28(18-7-4-3-5-8-18)23-21(20)22(24)25-16-26-23/h3-5,7-12,15-16H,6,13-14H2,1-2H3. The maximum Gasteiger partial charge on any atom is 0.150 e. The van der Waals surface area contributed by atoms with Crippen LogP contribution in [0.5, 0.6) is 5.75 Å². The van der Waals surface area contributed by atoms with E-state index in [1.807, 2.05) is 47.0 Å². The monoisotopic (exact) mass is 406 g/mol. The zero-order chi connectivity index (χ0) is 20.2. The van der Waals surface area contributed by atoms with Gasteiger partial charge in [-0.15, -0.1) is 0 Å². The molecular formula is C23H23ClN4O. The number of fused-ring (bicyclic) bond motifs is 1. The van der Waals surface area contributed by atoms with Crippen LogP contribution < -0.4 is 4.74 Å². The number of benzene rings is 2. The molecule has 6 heteroatoms. The fourth-order valence-electron chi connectivity index (χ4n) is 3.33. The van der Waals surface area contributed by atoms with Crippen molar-refractivity contribution >= 4 is 22.6 Å². The summed E-state index contributed by atoms with van der Waals surface area (Å²) >= 11 is 6.46. The van der Waals surface area contributed by atoms with E-state index in [4.69, 9.17) is 16.3 Å². The van der Waals surface area contributed by atoms with Crippen molar-refractivity contribution in [2.45, 2.75) is 6.42 Å². The minimum absolute atomic E-state index is 0.448. The Bertz CT molecular complexity index is 1090. The zero-order valence-electron chi connectivity index (χ0n) is 16.5. The third-order valence-electron chi connectivity index (χ3n) is 4.75. The second-order valence-electron chi connectivity index (χ2n) is 7.14. The number of hydrogen-bond donors (Lipinski definition) is 0. The minimum Gasteiger partial charge on any atom is -0.494 e. The van der Waals surface area contributed by atoms with E-state index >= 15 is 0 Å². The lowest BCUT2D eigenvalue weighted by Crippen LogP contribution is -2.15. The molecule has 2 aromatic carbocycles. The van der Waals surface area contributed by atoms with E-state index in [2.05, 4.69) is 47.3 Å². The lowest BCUT2D eigenvalue weighted by atomic mass is 10.1. The van der Waals surface area contributed by atoms with E-state index in [9.17, 15) is 0 Å². The normalized spacial score (nSPS) is 11.3. The summed E-state index contributed by atoms with van der Waals surface area (Å²) in [6.07, 6.45) is 4.55. The van der Waals surface area contributed by atoms with Gasteiger partial charge >= 0.3 is 0 Å². The third kappa shape index (κ3) is 4.26. The maximum absolute atomic E-state index is 6.46. The predicted octanol–water partition coefficient (Wildman–Crippen LogP) is 5.07. The molecule has 4 rings (SSSR count). The van der Waals surface area contributed by atoms with E-state index < -0.39 is 0 Å². The molecule has 0 radical (unpaired) electrons. The summed E-state index contributed by atoms with van der Waals surface area (Å²) in [5.74, 6) is 0.863. The van der Waals surface area contributed by atoms with E-state index in [1.54, 1.807) is 0 Å². The predicted molar refractivity (Wildman–Crippen MR) is 118 cm³/mol. The van der Waals surface area contributed by atoms with Crippen molar-refractivity contribution in [3.8, 4) is 22.6 Å². The topological polar surface area (TPSA) is 43.2 Å². The van der Waals surface area contributed by atoms with Crippen LogP contribution in [0, 0.1) is 0 Å². The van der Waals surface area contributed by atoms with Crippen LogP contribution in [0.1, 0.15) is 6.42 Å². The molecule has 0 fully saturated rings. The highest BCUT2D eigenvalue weighted by Gasteiger charge is 2.16.